The maximum Gasteiger partial charge on any atom is 0.135 e. The number of unbranched alkanes of at least 4 members (excludes halogenated alkanes) is 2. The lowest BCUT2D eigenvalue weighted by Gasteiger charge is -2.17. The first-order chi connectivity index (χ1) is 45.6. The van der Waals surface area contributed by atoms with E-state index in [1.165, 1.54) is 129 Å². The summed E-state index contributed by atoms with van der Waals surface area (Å²) in [6.45, 7) is 5.87. The first-order valence-electron chi connectivity index (χ1n) is 32.6. The van der Waals surface area contributed by atoms with E-state index >= 15 is 0 Å². The minimum atomic E-state index is 0.751. The molecule has 2 heteroatoms. The zero-order chi connectivity index (χ0) is 61.7. The van der Waals surface area contributed by atoms with Crippen LogP contribution in [-0.4, -0.2) is 13.2 Å². The molecule has 19 aromatic rings. The van der Waals surface area contributed by atoms with Crippen molar-refractivity contribution in [2.75, 3.05) is 13.2 Å². The van der Waals surface area contributed by atoms with Gasteiger partial charge in [0.1, 0.15) is 11.5 Å². The highest BCUT2D eigenvalue weighted by molar-refractivity contribution is 6.33. The highest BCUT2D eigenvalue weighted by Gasteiger charge is 2.17. The van der Waals surface area contributed by atoms with Crippen LogP contribution in [0.1, 0.15) is 39.5 Å². The number of benzene rings is 19. The predicted octanol–water partition coefficient (Wildman–Crippen LogP) is 25.8. The molecule has 0 fully saturated rings. The van der Waals surface area contributed by atoms with E-state index in [1.807, 2.05) is 0 Å². The van der Waals surface area contributed by atoms with Crippen LogP contribution >= 0.6 is 0 Å². The molecule has 0 spiro atoms. The average Bonchev–Trinajstić information content (AvgIpc) is 0.759. The van der Waals surface area contributed by atoms with Crippen LogP contribution in [0, 0.1) is 0 Å². The van der Waals surface area contributed by atoms with Crippen molar-refractivity contribution in [3.05, 3.63) is 315 Å². The third kappa shape index (κ3) is 10.9. The van der Waals surface area contributed by atoms with Gasteiger partial charge in [-0.2, -0.15) is 0 Å². The van der Waals surface area contributed by atoms with E-state index in [-0.39, 0.29) is 0 Å². The van der Waals surface area contributed by atoms with E-state index in [0.29, 0.717) is 0 Å². The Morgan fingerprint density at radius 3 is 0.630 bits per heavy atom. The van der Waals surface area contributed by atoms with Crippen LogP contribution in [0.25, 0.3) is 151 Å². The summed E-state index contributed by atoms with van der Waals surface area (Å²) in [6, 6.07) is 113. The van der Waals surface area contributed by atoms with Gasteiger partial charge in [-0.15, -0.1) is 0 Å². The third-order valence-corrected chi connectivity index (χ3v) is 18.4. The summed E-state index contributed by atoms with van der Waals surface area (Å²) in [5.74, 6) is 1.97. The highest BCUT2D eigenvalue weighted by atomic mass is 16.5. The van der Waals surface area contributed by atoms with Crippen molar-refractivity contribution >= 4 is 151 Å². The number of ether oxygens (including phenoxy) is 2. The molecule has 0 bridgehead atoms. The summed E-state index contributed by atoms with van der Waals surface area (Å²) in [5, 5.41) is 36.9. The van der Waals surface area contributed by atoms with Gasteiger partial charge in [-0.05, 0) is 154 Å². The van der Waals surface area contributed by atoms with Crippen LogP contribution in [0.4, 0.5) is 0 Å². The zero-order valence-electron chi connectivity index (χ0n) is 52.1. The Balaban J connectivity index is 0.0000000964. The lowest BCUT2D eigenvalue weighted by molar-refractivity contribution is 0.311. The first kappa shape index (κ1) is 57.4. The van der Waals surface area contributed by atoms with Crippen molar-refractivity contribution in [1.82, 2.24) is 0 Å². The van der Waals surface area contributed by atoms with Crippen molar-refractivity contribution in [2.45, 2.75) is 39.5 Å². The van der Waals surface area contributed by atoms with E-state index in [2.05, 4.69) is 329 Å². The number of fused-ring (bicyclic) bond motifs is 12. The van der Waals surface area contributed by atoms with Gasteiger partial charge in [-0.25, -0.2) is 0 Å². The van der Waals surface area contributed by atoms with Gasteiger partial charge in [0.05, 0.1) is 13.2 Å². The molecular formula is C90H70O2. The lowest BCUT2D eigenvalue weighted by Crippen LogP contribution is -2.01. The maximum atomic E-state index is 6.20. The fourth-order valence-electron chi connectivity index (χ4n) is 14.0. The van der Waals surface area contributed by atoms with E-state index in [0.717, 1.165) is 71.9 Å². The summed E-state index contributed by atoms with van der Waals surface area (Å²) in [7, 11) is 0. The Labute approximate surface area is 536 Å². The SMILES string of the molecule is CCCCOc1c2ccccc2c(OCCCC)c2ccccc12.c1cc2ccc3cccc4ccc(c1)c2c34.c1cc2cccc3c4cccc5cccc(c(c1)c23)c54.c1ccc2c(c1)c1ccccc1c1ccccc21.c1ccc2cc3ccccc3cc2c1. The number of hydrogen-bond acceptors (Lipinski definition) is 2. The van der Waals surface area contributed by atoms with Crippen molar-refractivity contribution in [3.63, 3.8) is 0 Å². The van der Waals surface area contributed by atoms with Gasteiger partial charge < -0.3 is 9.47 Å². The molecule has 92 heavy (non-hydrogen) atoms. The Hall–Kier alpha value is -11.1. The molecule has 19 rings (SSSR count). The third-order valence-electron chi connectivity index (χ3n) is 18.4. The van der Waals surface area contributed by atoms with Gasteiger partial charge in [0.25, 0.3) is 0 Å². The Kier molecular flexibility index (Phi) is 16.1. The first-order valence-corrected chi connectivity index (χ1v) is 32.6. The zero-order valence-corrected chi connectivity index (χ0v) is 52.1. The van der Waals surface area contributed by atoms with Crippen LogP contribution in [-0.2, 0) is 0 Å². The maximum absolute atomic E-state index is 6.20. The molecule has 442 valence electrons. The van der Waals surface area contributed by atoms with Crippen LogP contribution in [0.3, 0.4) is 0 Å². The van der Waals surface area contributed by atoms with E-state index in [4.69, 9.17) is 9.47 Å². The molecule has 0 aromatic heterocycles. The number of hydrogen-bond donors (Lipinski definition) is 0. The largest absolute Gasteiger partial charge is 0.492 e. The quantitative estimate of drug-likeness (QED) is 0.0858. The lowest BCUT2D eigenvalue weighted by atomic mass is 9.90. The summed E-state index contributed by atoms with van der Waals surface area (Å²) in [6.07, 6.45) is 4.40. The molecule has 0 heterocycles. The summed E-state index contributed by atoms with van der Waals surface area (Å²) < 4.78 is 12.4. The van der Waals surface area contributed by atoms with Crippen LogP contribution < -0.4 is 9.47 Å². The Morgan fingerprint density at radius 1 is 0.185 bits per heavy atom. The summed E-state index contributed by atoms with van der Waals surface area (Å²) >= 11 is 0. The van der Waals surface area contributed by atoms with Gasteiger partial charge in [0.15, 0.2) is 0 Å². The van der Waals surface area contributed by atoms with E-state index < -0.39 is 0 Å². The Bertz CT molecular complexity index is 5070. The molecule has 0 aliphatic heterocycles. The van der Waals surface area contributed by atoms with E-state index in [1.54, 1.807) is 0 Å². The molecule has 0 aliphatic carbocycles. The molecule has 0 radical (unpaired) electrons. The molecule has 0 atom stereocenters. The molecule has 0 aliphatic rings. The van der Waals surface area contributed by atoms with Crippen LogP contribution in [0.2, 0.25) is 0 Å². The van der Waals surface area contributed by atoms with Gasteiger partial charge in [0, 0.05) is 21.5 Å². The van der Waals surface area contributed by atoms with Crippen molar-refractivity contribution in [1.29, 1.82) is 0 Å². The molecule has 0 amide bonds. The average molecular weight is 1180 g/mol. The topological polar surface area (TPSA) is 18.5 Å². The van der Waals surface area contributed by atoms with E-state index in [9.17, 15) is 0 Å². The fraction of sp³-hybridized carbons (Fsp3) is 0.0889. The van der Waals surface area contributed by atoms with Crippen molar-refractivity contribution in [3.8, 4) is 11.5 Å². The van der Waals surface area contributed by atoms with Gasteiger partial charge >= 0.3 is 0 Å². The monoisotopic (exact) mass is 1180 g/mol. The second-order valence-electron chi connectivity index (χ2n) is 24.0. The fourth-order valence-corrected chi connectivity index (χ4v) is 14.0. The predicted molar refractivity (Wildman–Crippen MR) is 400 cm³/mol. The molecule has 2 nitrogen and oxygen atoms in total. The molecule has 0 saturated carbocycles. The minimum absolute atomic E-state index is 0.751. The van der Waals surface area contributed by atoms with Crippen molar-refractivity contribution < 1.29 is 9.47 Å². The second kappa shape index (κ2) is 25.8. The Morgan fingerprint density at radius 2 is 0.380 bits per heavy atom. The molecule has 0 unspecified atom stereocenters. The minimum Gasteiger partial charge on any atom is -0.492 e. The molecule has 0 saturated heterocycles. The van der Waals surface area contributed by atoms with Gasteiger partial charge in [0.2, 0.25) is 0 Å². The smallest absolute Gasteiger partial charge is 0.135 e. The highest BCUT2D eigenvalue weighted by Crippen LogP contribution is 2.44. The summed E-state index contributed by atoms with van der Waals surface area (Å²) in [5.41, 5.74) is 0. The van der Waals surface area contributed by atoms with Crippen molar-refractivity contribution in [2.24, 2.45) is 0 Å². The second-order valence-corrected chi connectivity index (χ2v) is 24.0. The normalized spacial score (nSPS) is 11.4. The molecular weight excluding hydrogens is 1110 g/mol. The van der Waals surface area contributed by atoms with Gasteiger partial charge in [-0.3, -0.25) is 0 Å². The standard InChI is InChI=1S/C22H26O2.C20H12.C18H12.C16H10.C14H10/c1-3-5-15-23-21-17-11-7-9-13-19(17)22(24-16-6-4-2)20-14-10-8-12-18(20)21;1-5-13-6-2-11-17-18-12-4-8-14-7-3-10-16(20(14)18)15(9-1)19(13)17;1-2-8-14-13(7-1)15-9-3-4-11-17(15)18-12-6-5-10-16(14)18;1-3-11-7-9-13-5-2-6-14-10-8-12(4-1)15(11)16(13)14;1-2-6-12-10-14-8-4-3-7-13(14)9-11(12)5-1/h7-14H,3-6,15-16H2,1-2H3;1-12H;1-12H;1-10H;1-10H. The molecule has 19 aromatic carbocycles. The number of rotatable bonds is 8. The molecule has 0 N–H and O–H groups in total. The van der Waals surface area contributed by atoms with Crippen LogP contribution in [0.5, 0.6) is 11.5 Å². The summed E-state index contributed by atoms with van der Waals surface area (Å²) in [4.78, 5) is 0. The van der Waals surface area contributed by atoms with Crippen LogP contribution in [0.15, 0.2) is 315 Å². The van der Waals surface area contributed by atoms with Gasteiger partial charge in [-0.1, -0.05) is 330 Å².